The van der Waals surface area contributed by atoms with E-state index in [0.29, 0.717) is 17.1 Å². The molecule has 0 fully saturated rings. The van der Waals surface area contributed by atoms with Gasteiger partial charge in [-0.2, -0.15) is 0 Å². The lowest BCUT2D eigenvalue weighted by Crippen LogP contribution is -2.33. The molecule has 0 saturated carbocycles. The van der Waals surface area contributed by atoms with Crippen LogP contribution in [0.5, 0.6) is 11.5 Å². The van der Waals surface area contributed by atoms with Crippen LogP contribution in [0.15, 0.2) is 12.1 Å². The van der Waals surface area contributed by atoms with Gasteiger partial charge >= 0.3 is 5.97 Å². The summed E-state index contributed by atoms with van der Waals surface area (Å²) in [4.78, 5) is 11.8. The molecule has 2 atom stereocenters. The number of benzene rings is 1. The predicted octanol–water partition coefficient (Wildman–Crippen LogP) is 1.34. The Bertz CT molecular complexity index is 469. The second-order valence-electron chi connectivity index (χ2n) is 4.18. The van der Waals surface area contributed by atoms with Gasteiger partial charge in [-0.15, -0.1) is 0 Å². The number of fused-ring (bicyclic) bond motifs is 1. The lowest BCUT2D eigenvalue weighted by molar-refractivity contribution is 0.000451. The highest BCUT2D eigenvalue weighted by atomic mass is 16.6. The quantitative estimate of drug-likeness (QED) is 0.822. The molecular formula is C13H16O5. The van der Waals surface area contributed by atoms with Gasteiger partial charge in [0.15, 0.2) is 11.5 Å². The summed E-state index contributed by atoms with van der Waals surface area (Å²) in [7, 11) is 3.07. The Labute approximate surface area is 105 Å². The number of esters is 1. The second kappa shape index (κ2) is 4.86. The molecule has 98 valence electrons. The van der Waals surface area contributed by atoms with E-state index in [2.05, 4.69) is 0 Å². The summed E-state index contributed by atoms with van der Waals surface area (Å²) in [5.41, 5.74) is 1.19. The number of ether oxygens (including phenoxy) is 3. The highest BCUT2D eigenvalue weighted by Crippen LogP contribution is 2.42. The molecule has 0 amide bonds. The van der Waals surface area contributed by atoms with Gasteiger partial charge in [-0.05, 0) is 12.1 Å². The van der Waals surface area contributed by atoms with Crippen LogP contribution in [0.2, 0.25) is 0 Å². The zero-order valence-electron chi connectivity index (χ0n) is 10.6. The van der Waals surface area contributed by atoms with E-state index in [-0.39, 0.29) is 12.5 Å². The van der Waals surface area contributed by atoms with Gasteiger partial charge in [0, 0.05) is 11.5 Å². The van der Waals surface area contributed by atoms with Crippen LogP contribution in [0.4, 0.5) is 0 Å². The van der Waals surface area contributed by atoms with E-state index in [9.17, 15) is 9.90 Å². The summed E-state index contributed by atoms with van der Waals surface area (Å²) >= 11 is 0. The summed E-state index contributed by atoms with van der Waals surface area (Å²) in [6.07, 6.45) is -0.550. The summed E-state index contributed by atoms with van der Waals surface area (Å²) in [5.74, 6) is 0.503. The van der Waals surface area contributed by atoms with Crippen LogP contribution in [0.25, 0.3) is 0 Å². The van der Waals surface area contributed by atoms with Crippen molar-refractivity contribution in [1.29, 1.82) is 0 Å². The van der Waals surface area contributed by atoms with Gasteiger partial charge < -0.3 is 19.3 Å². The molecule has 0 aromatic heterocycles. The zero-order valence-corrected chi connectivity index (χ0v) is 10.6. The zero-order chi connectivity index (χ0) is 13.3. The molecular weight excluding hydrogens is 236 g/mol. The SMILES string of the molecule is COc1ccc2c(c1OC)C(C)C(CO)OC2=O. The van der Waals surface area contributed by atoms with Gasteiger partial charge in [0.2, 0.25) is 0 Å². The maximum Gasteiger partial charge on any atom is 0.338 e. The molecule has 0 spiro atoms. The van der Waals surface area contributed by atoms with E-state index in [4.69, 9.17) is 14.2 Å². The number of carbonyl (C=O) groups is 1. The predicted molar refractivity (Wildman–Crippen MR) is 64.3 cm³/mol. The van der Waals surface area contributed by atoms with Crippen LogP contribution in [-0.4, -0.2) is 38.0 Å². The molecule has 1 heterocycles. The van der Waals surface area contributed by atoms with E-state index in [0.717, 1.165) is 5.56 Å². The third-order valence-electron chi connectivity index (χ3n) is 3.26. The van der Waals surface area contributed by atoms with Crippen LogP contribution in [0.1, 0.15) is 28.8 Å². The maximum absolute atomic E-state index is 11.8. The molecule has 0 radical (unpaired) electrons. The van der Waals surface area contributed by atoms with Crippen molar-refractivity contribution in [2.75, 3.05) is 20.8 Å². The van der Waals surface area contributed by atoms with Crippen molar-refractivity contribution >= 4 is 5.97 Å². The Morgan fingerprint density at radius 2 is 2.06 bits per heavy atom. The van der Waals surface area contributed by atoms with Crippen molar-refractivity contribution < 1.29 is 24.1 Å². The molecule has 18 heavy (non-hydrogen) atoms. The molecule has 1 aromatic carbocycles. The van der Waals surface area contributed by atoms with Crippen molar-refractivity contribution in [2.45, 2.75) is 18.9 Å². The highest BCUT2D eigenvalue weighted by molar-refractivity contribution is 5.94. The Balaban J connectivity index is 2.62. The number of carbonyl (C=O) groups excluding carboxylic acids is 1. The fraction of sp³-hybridized carbons (Fsp3) is 0.462. The fourth-order valence-corrected chi connectivity index (χ4v) is 2.27. The monoisotopic (exact) mass is 252 g/mol. The van der Waals surface area contributed by atoms with Gasteiger partial charge in [0.05, 0.1) is 26.4 Å². The van der Waals surface area contributed by atoms with Gasteiger partial charge in [0.1, 0.15) is 6.10 Å². The number of rotatable bonds is 3. The van der Waals surface area contributed by atoms with Gasteiger partial charge in [-0.3, -0.25) is 0 Å². The van der Waals surface area contributed by atoms with Gasteiger partial charge in [0.25, 0.3) is 0 Å². The first-order chi connectivity index (χ1) is 8.63. The number of aliphatic hydroxyl groups excluding tert-OH is 1. The topological polar surface area (TPSA) is 65.0 Å². The third-order valence-corrected chi connectivity index (χ3v) is 3.26. The molecule has 2 unspecified atom stereocenters. The molecule has 0 saturated heterocycles. The minimum absolute atomic E-state index is 0.146. The van der Waals surface area contributed by atoms with Crippen molar-refractivity contribution in [2.24, 2.45) is 0 Å². The van der Waals surface area contributed by atoms with E-state index < -0.39 is 12.1 Å². The normalized spacial score (nSPS) is 22.1. The van der Waals surface area contributed by atoms with Crippen molar-refractivity contribution in [3.63, 3.8) is 0 Å². The van der Waals surface area contributed by atoms with Crippen LogP contribution in [0.3, 0.4) is 0 Å². The second-order valence-corrected chi connectivity index (χ2v) is 4.18. The number of hydrogen-bond acceptors (Lipinski definition) is 5. The fourth-order valence-electron chi connectivity index (χ4n) is 2.27. The van der Waals surface area contributed by atoms with Crippen LogP contribution in [0, 0.1) is 0 Å². The average molecular weight is 252 g/mol. The maximum atomic E-state index is 11.8. The smallest absolute Gasteiger partial charge is 0.338 e. The average Bonchev–Trinajstić information content (AvgIpc) is 2.40. The lowest BCUT2D eigenvalue weighted by atomic mass is 9.88. The Morgan fingerprint density at radius 1 is 1.33 bits per heavy atom. The molecule has 1 aromatic rings. The summed E-state index contributed by atoms with van der Waals surface area (Å²) in [5, 5.41) is 9.25. The Morgan fingerprint density at radius 3 is 2.61 bits per heavy atom. The standard InChI is InChI=1S/C13H16O5/c1-7-10(6-14)18-13(15)8-4-5-9(16-2)12(17-3)11(7)8/h4-5,7,10,14H,6H2,1-3H3. The molecule has 1 aliphatic rings. The van der Waals surface area contributed by atoms with Gasteiger partial charge in [-0.25, -0.2) is 4.79 Å². The first kappa shape index (κ1) is 12.7. The van der Waals surface area contributed by atoms with Crippen molar-refractivity contribution in [3.05, 3.63) is 23.3 Å². The minimum atomic E-state index is -0.550. The Kier molecular flexibility index (Phi) is 3.43. The van der Waals surface area contributed by atoms with Crippen LogP contribution < -0.4 is 9.47 Å². The molecule has 0 aliphatic carbocycles. The largest absolute Gasteiger partial charge is 0.493 e. The number of aliphatic hydroxyl groups is 1. The Hall–Kier alpha value is -1.75. The van der Waals surface area contributed by atoms with Crippen LogP contribution in [-0.2, 0) is 4.74 Å². The van der Waals surface area contributed by atoms with Crippen LogP contribution >= 0.6 is 0 Å². The first-order valence-corrected chi connectivity index (χ1v) is 5.70. The molecule has 0 bridgehead atoms. The first-order valence-electron chi connectivity index (χ1n) is 5.70. The summed E-state index contributed by atoms with van der Waals surface area (Å²) in [6, 6.07) is 3.33. The number of hydrogen-bond donors (Lipinski definition) is 1. The van der Waals surface area contributed by atoms with Gasteiger partial charge in [-0.1, -0.05) is 6.92 Å². The van der Waals surface area contributed by atoms with Crippen molar-refractivity contribution in [3.8, 4) is 11.5 Å². The lowest BCUT2D eigenvalue weighted by Gasteiger charge is -2.31. The summed E-state index contributed by atoms with van der Waals surface area (Å²) in [6.45, 7) is 1.67. The third kappa shape index (κ3) is 1.80. The van der Waals surface area contributed by atoms with E-state index in [1.807, 2.05) is 6.92 Å². The molecule has 1 aliphatic heterocycles. The van der Waals surface area contributed by atoms with Crippen molar-refractivity contribution in [1.82, 2.24) is 0 Å². The molecule has 5 heteroatoms. The number of cyclic esters (lactones) is 1. The molecule has 1 N–H and O–H groups in total. The molecule has 5 nitrogen and oxygen atoms in total. The minimum Gasteiger partial charge on any atom is -0.493 e. The van der Waals surface area contributed by atoms with E-state index in [1.54, 1.807) is 19.2 Å². The molecule has 2 rings (SSSR count). The van der Waals surface area contributed by atoms with E-state index in [1.165, 1.54) is 7.11 Å². The van der Waals surface area contributed by atoms with E-state index >= 15 is 0 Å². The summed E-state index contributed by atoms with van der Waals surface area (Å²) < 4.78 is 15.7. The number of methoxy groups -OCH3 is 2. The highest BCUT2D eigenvalue weighted by Gasteiger charge is 2.36.